The van der Waals surface area contributed by atoms with Gasteiger partial charge in [0.15, 0.2) is 0 Å². The zero-order valence-electron chi connectivity index (χ0n) is 10.3. The Bertz CT molecular complexity index is 616. The summed E-state index contributed by atoms with van der Waals surface area (Å²) in [7, 11) is 0. The zero-order valence-corrected chi connectivity index (χ0v) is 11.2. The van der Waals surface area contributed by atoms with Crippen LogP contribution in [0.15, 0.2) is 47.8 Å². The molecule has 3 aromatic rings. The van der Waals surface area contributed by atoms with Gasteiger partial charge in [-0.2, -0.15) is 4.98 Å². The molecule has 2 heterocycles. The van der Waals surface area contributed by atoms with Crippen molar-refractivity contribution in [1.82, 2.24) is 15.2 Å². The van der Waals surface area contributed by atoms with E-state index in [2.05, 4.69) is 38.0 Å². The molecule has 0 aliphatic carbocycles. The Morgan fingerprint density at radius 3 is 2.74 bits per heavy atom. The molecule has 2 N–H and O–H groups in total. The molecule has 3 rings (SSSR count). The summed E-state index contributed by atoms with van der Waals surface area (Å²) in [5.41, 5.74) is 0.992. The van der Waals surface area contributed by atoms with E-state index < -0.39 is 0 Å². The molecule has 0 atom stereocenters. The first-order valence-corrected chi connectivity index (χ1v) is 7.04. The molecule has 0 spiro atoms. The second-order valence-corrected chi connectivity index (χ2v) is 5.21. The highest BCUT2D eigenvalue weighted by molar-refractivity contribution is 7.09. The highest BCUT2D eigenvalue weighted by Gasteiger charge is 2.04. The maximum Gasteiger partial charge on any atom is 0.246 e. The summed E-state index contributed by atoms with van der Waals surface area (Å²) in [4.78, 5) is 5.80. The van der Waals surface area contributed by atoms with Gasteiger partial charge in [-0.05, 0) is 30.0 Å². The SMILES string of the molecule is c1ccc(Nc2n[nH]c(CCc3cccs3)n2)cc1. The summed E-state index contributed by atoms with van der Waals surface area (Å²) in [6.07, 6.45) is 1.88. The van der Waals surface area contributed by atoms with Crippen molar-refractivity contribution in [3.05, 3.63) is 58.5 Å². The molecule has 0 saturated heterocycles. The number of hydrogen-bond acceptors (Lipinski definition) is 4. The third kappa shape index (κ3) is 3.20. The van der Waals surface area contributed by atoms with Crippen molar-refractivity contribution in [2.75, 3.05) is 5.32 Å². The van der Waals surface area contributed by atoms with Gasteiger partial charge in [0.05, 0.1) is 0 Å². The van der Waals surface area contributed by atoms with Crippen LogP contribution in [0.25, 0.3) is 0 Å². The number of nitrogens with one attached hydrogen (secondary N) is 2. The average molecular weight is 270 g/mol. The van der Waals surface area contributed by atoms with Crippen LogP contribution >= 0.6 is 11.3 Å². The van der Waals surface area contributed by atoms with E-state index in [-0.39, 0.29) is 0 Å². The number of H-pyrrole nitrogens is 1. The minimum atomic E-state index is 0.618. The van der Waals surface area contributed by atoms with Crippen molar-refractivity contribution in [1.29, 1.82) is 0 Å². The van der Waals surface area contributed by atoms with Crippen LogP contribution in [0.2, 0.25) is 0 Å². The predicted molar refractivity (Wildman–Crippen MR) is 77.8 cm³/mol. The lowest BCUT2D eigenvalue weighted by Crippen LogP contribution is -1.93. The topological polar surface area (TPSA) is 53.6 Å². The van der Waals surface area contributed by atoms with E-state index in [1.54, 1.807) is 11.3 Å². The quantitative estimate of drug-likeness (QED) is 0.747. The summed E-state index contributed by atoms with van der Waals surface area (Å²) in [5, 5.41) is 12.4. The molecule has 0 radical (unpaired) electrons. The van der Waals surface area contributed by atoms with Gasteiger partial charge in [-0.1, -0.05) is 24.3 Å². The molecule has 0 saturated carbocycles. The monoisotopic (exact) mass is 270 g/mol. The van der Waals surface area contributed by atoms with Gasteiger partial charge >= 0.3 is 0 Å². The first-order valence-electron chi connectivity index (χ1n) is 6.16. The van der Waals surface area contributed by atoms with Gasteiger partial charge in [0.25, 0.3) is 0 Å². The third-order valence-electron chi connectivity index (χ3n) is 2.75. The predicted octanol–water partition coefficient (Wildman–Crippen LogP) is 3.40. The van der Waals surface area contributed by atoms with E-state index in [0.717, 1.165) is 24.4 Å². The minimum Gasteiger partial charge on any atom is -0.323 e. The molecule has 1 aromatic carbocycles. The molecule has 5 heteroatoms. The molecule has 2 aromatic heterocycles. The maximum atomic E-state index is 4.43. The zero-order chi connectivity index (χ0) is 12.9. The molecule has 19 heavy (non-hydrogen) atoms. The lowest BCUT2D eigenvalue weighted by molar-refractivity contribution is 0.875. The molecule has 96 valence electrons. The van der Waals surface area contributed by atoms with Gasteiger partial charge in [0.1, 0.15) is 5.82 Å². The molecule has 0 aliphatic rings. The summed E-state index contributed by atoms with van der Waals surface area (Å²) in [6, 6.07) is 14.1. The first-order chi connectivity index (χ1) is 9.40. The van der Waals surface area contributed by atoms with Crippen molar-refractivity contribution < 1.29 is 0 Å². The van der Waals surface area contributed by atoms with Crippen LogP contribution in [0, 0.1) is 0 Å². The minimum absolute atomic E-state index is 0.618. The first kappa shape index (κ1) is 11.9. The summed E-state index contributed by atoms with van der Waals surface area (Å²) < 4.78 is 0. The number of para-hydroxylation sites is 1. The van der Waals surface area contributed by atoms with Crippen LogP contribution in [-0.2, 0) is 12.8 Å². The normalized spacial score (nSPS) is 10.5. The van der Waals surface area contributed by atoms with E-state index in [0.29, 0.717) is 5.95 Å². The van der Waals surface area contributed by atoms with Crippen LogP contribution < -0.4 is 5.32 Å². The standard InChI is InChI=1S/C14H14N4S/c1-2-5-11(6-3-1)15-14-16-13(17-18-14)9-8-12-7-4-10-19-12/h1-7,10H,8-9H2,(H2,15,16,17,18). The van der Waals surface area contributed by atoms with Gasteiger partial charge in [-0.25, -0.2) is 0 Å². The maximum absolute atomic E-state index is 4.43. The number of aromatic amines is 1. The molecule has 0 fully saturated rings. The number of aryl methyl sites for hydroxylation is 2. The summed E-state index contributed by atoms with van der Waals surface area (Å²) in [5.74, 6) is 1.53. The van der Waals surface area contributed by atoms with Gasteiger partial charge in [0, 0.05) is 17.0 Å². The van der Waals surface area contributed by atoms with Crippen molar-refractivity contribution >= 4 is 23.0 Å². The Hall–Kier alpha value is -2.14. The Labute approximate surface area is 115 Å². The number of hydrogen-bond donors (Lipinski definition) is 2. The van der Waals surface area contributed by atoms with Crippen molar-refractivity contribution in [2.45, 2.75) is 12.8 Å². The fourth-order valence-electron chi connectivity index (χ4n) is 1.81. The van der Waals surface area contributed by atoms with Crippen molar-refractivity contribution in [3.63, 3.8) is 0 Å². The third-order valence-corrected chi connectivity index (χ3v) is 3.69. The number of anilines is 2. The molecule has 0 aliphatic heterocycles. The highest BCUT2D eigenvalue weighted by atomic mass is 32.1. The van der Waals surface area contributed by atoms with Gasteiger partial charge < -0.3 is 5.32 Å². The largest absolute Gasteiger partial charge is 0.323 e. The number of thiophene rings is 1. The fourth-order valence-corrected chi connectivity index (χ4v) is 2.52. The lowest BCUT2D eigenvalue weighted by atomic mass is 10.2. The van der Waals surface area contributed by atoms with Gasteiger partial charge in [0.2, 0.25) is 5.95 Å². The molecular formula is C14H14N4S. The Balaban J connectivity index is 1.60. The second-order valence-electron chi connectivity index (χ2n) is 4.18. The summed E-state index contributed by atoms with van der Waals surface area (Å²) in [6.45, 7) is 0. The molecule has 0 bridgehead atoms. The molecule has 0 unspecified atom stereocenters. The smallest absolute Gasteiger partial charge is 0.246 e. The van der Waals surface area contributed by atoms with Crippen LogP contribution in [0.1, 0.15) is 10.7 Å². The van der Waals surface area contributed by atoms with Crippen LogP contribution in [0.4, 0.5) is 11.6 Å². The fraction of sp³-hybridized carbons (Fsp3) is 0.143. The van der Waals surface area contributed by atoms with E-state index in [4.69, 9.17) is 0 Å². The molecule has 4 nitrogen and oxygen atoms in total. The Morgan fingerprint density at radius 1 is 1.05 bits per heavy atom. The van der Waals surface area contributed by atoms with Crippen LogP contribution in [-0.4, -0.2) is 15.2 Å². The highest BCUT2D eigenvalue weighted by Crippen LogP contribution is 2.14. The van der Waals surface area contributed by atoms with Crippen LogP contribution in [0.3, 0.4) is 0 Å². The number of rotatable bonds is 5. The second kappa shape index (κ2) is 5.67. The van der Waals surface area contributed by atoms with Gasteiger partial charge in [-0.3, -0.25) is 5.10 Å². The van der Waals surface area contributed by atoms with E-state index in [1.807, 2.05) is 30.3 Å². The van der Waals surface area contributed by atoms with E-state index in [9.17, 15) is 0 Å². The molecular weight excluding hydrogens is 256 g/mol. The number of nitrogens with zero attached hydrogens (tertiary/aromatic N) is 2. The van der Waals surface area contributed by atoms with Crippen molar-refractivity contribution in [2.24, 2.45) is 0 Å². The Morgan fingerprint density at radius 2 is 1.95 bits per heavy atom. The van der Waals surface area contributed by atoms with E-state index >= 15 is 0 Å². The van der Waals surface area contributed by atoms with Crippen LogP contribution in [0.5, 0.6) is 0 Å². The lowest BCUT2D eigenvalue weighted by Gasteiger charge is -1.99. The average Bonchev–Trinajstić information content (AvgIpc) is 3.09. The van der Waals surface area contributed by atoms with Gasteiger partial charge in [-0.15, -0.1) is 16.4 Å². The number of aromatic nitrogens is 3. The molecule has 0 amide bonds. The Kier molecular flexibility index (Phi) is 3.56. The number of benzene rings is 1. The summed E-state index contributed by atoms with van der Waals surface area (Å²) >= 11 is 1.77. The van der Waals surface area contributed by atoms with Crippen molar-refractivity contribution in [3.8, 4) is 0 Å². The van der Waals surface area contributed by atoms with E-state index in [1.165, 1.54) is 4.88 Å².